The van der Waals surface area contributed by atoms with Crippen molar-refractivity contribution in [2.24, 2.45) is 12.8 Å². The number of hydrogen-bond donors (Lipinski definition) is 2. The van der Waals surface area contributed by atoms with E-state index >= 15 is 0 Å². The zero-order valence-corrected chi connectivity index (χ0v) is 9.45. The van der Waals surface area contributed by atoms with Crippen molar-refractivity contribution in [2.45, 2.75) is 44.3 Å². The molecule has 2 rings (SSSR count). The first-order chi connectivity index (χ1) is 7.24. The molecule has 0 spiro atoms. The molecule has 0 unspecified atom stereocenters. The molecule has 3 nitrogen and oxygen atoms in total. The van der Waals surface area contributed by atoms with E-state index in [1.165, 1.54) is 31.2 Å². The van der Waals surface area contributed by atoms with Crippen molar-refractivity contribution in [2.75, 3.05) is 0 Å². The predicted octanol–water partition coefficient (Wildman–Crippen LogP) is 1.38. The van der Waals surface area contributed by atoms with Gasteiger partial charge in [0.25, 0.3) is 0 Å². The summed E-state index contributed by atoms with van der Waals surface area (Å²) in [5.41, 5.74) is 7.24. The van der Waals surface area contributed by atoms with Gasteiger partial charge in [-0.25, -0.2) is 0 Å². The van der Waals surface area contributed by atoms with Gasteiger partial charge in [-0.2, -0.15) is 0 Å². The van der Waals surface area contributed by atoms with Crippen LogP contribution in [0.25, 0.3) is 0 Å². The Balaban J connectivity index is 1.74. The monoisotopic (exact) mass is 207 g/mol. The topological polar surface area (TPSA) is 43.0 Å². The summed E-state index contributed by atoms with van der Waals surface area (Å²) in [7, 11) is 2.06. The number of rotatable bonds is 3. The van der Waals surface area contributed by atoms with Gasteiger partial charge in [0.05, 0.1) is 0 Å². The highest BCUT2D eigenvalue weighted by Crippen LogP contribution is 2.17. The second kappa shape index (κ2) is 4.81. The highest BCUT2D eigenvalue weighted by molar-refractivity contribution is 5.09. The van der Waals surface area contributed by atoms with Crippen LogP contribution in [0.4, 0.5) is 0 Å². The van der Waals surface area contributed by atoms with Crippen LogP contribution in [0.1, 0.15) is 31.2 Å². The van der Waals surface area contributed by atoms with Crippen LogP contribution < -0.4 is 11.1 Å². The lowest BCUT2D eigenvalue weighted by atomic mass is 9.92. The molecule has 3 N–H and O–H groups in total. The second-order valence-corrected chi connectivity index (χ2v) is 4.68. The number of hydrogen-bond acceptors (Lipinski definition) is 2. The zero-order valence-electron chi connectivity index (χ0n) is 9.45. The summed E-state index contributed by atoms with van der Waals surface area (Å²) < 4.78 is 2.09. The van der Waals surface area contributed by atoms with Crippen LogP contribution >= 0.6 is 0 Å². The Morgan fingerprint density at radius 1 is 1.40 bits per heavy atom. The van der Waals surface area contributed by atoms with Crippen LogP contribution in [0.2, 0.25) is 0 Å². The van der Waals surface area contributed by atoms with Gasteiger partial charge in [-0.15, -0.1) is 0 Å². The molecule has 84 valence electrons. The van der Waals surface area contributed by atoms with E-state index in [0.29, 0.717) is 12.1 Å². The molecule has 1 heterocycles. The fraction of sp³-hybridized carbons (Fsp3) is 0.667. The van der Waals surface area contributed by atoms with Crippen molar-refractivity contribution in [3.8, 4) is 0 Å². The van der Waals surface area contributed by atoms with Crippen LogP contribution in [-0.2, 0) is 13.6 Å². The number of aromatic nitrogens is 1. The second-order valence-electron chi connectivity index (χ2n) is 4.68. The first-order valence-corrected chi connectivity index (χ1v) is 5.84. The summed E-state index contributed by atoms with van der Waals surface area (Å²) in [5.74, 6) is 0. The Morgan fingerprint density at radius 3 is 2.73 bits per heavy atom. The highest BCUT2D eigenvalue weighted by atomic mass is 14.9. The van der Waals surface area contributed by atoms with Crippen molar-refractivity contribution < 1.29 is 0 Å². The molecule has 1 aromatic rings. The Morgan fingerprint density at radius 2 is 2.13 bits per heavy atom. The maximum Gasteiger partial charge on any atom is 0.0223 e. The molecule has 3 heteroatoms. The van der Waals surface area contributed by atoms with Crippen molar-refractivity contribution in [1.82, 2.24) is 9.88 Å². The molecule has 0 aliphatic heterocycles. The average Bonchev–Trinajstić information content (AvgIpc) is 2.64. The molecule has 0 amide bonds. The van der Waals surface area contributed by atoms with E-state index in [4.69, 9.17) is 5.73 Å². The minimum Gasteiger partial charge on any atom is -0.357 e. The van der Waals surface area contributed by atoms with Gasteiger partial charge >= 0.3 is 0 Å². The minimum atomic E-state index is 0.444. The Kier molecular flexibility index (Phi) is 3.44. The lowest BCUT2D eigenvalue weighted by molar-refractivity contribution is 0.342. The van der Waals surface area contributed by atoms with E-state index in [-0.39, 0.29) is 0 Å². The van der Waals surface area contributed by atoms with Crippen LogP contribution in [-0.4, -0.2) is 16.7 Å². The number of aryl methyl sites for hydroxylation is 1. The van der Waals surface area contributed by atoms with Gasteiger partial charge in [0.15, 0.2) is 0 Å². The molecule has 0 radical (unpaired) electrons. The Bertz CT molecular complexity index is 298. The third-order valence-electron chi connectivity index (χ3n) is 3.26. The molecular weight excluding hydrogens is 186 g/mol. The molecule has 1 aliphatic rings. The zero-order chi connectivity index (χ0) is 10.7. The van der Waals surface area contributed by atoms with Gasteiger partial charge in [0.1, 0.15) is 0 Å². The predicted molar refractivity (Wildman–Crippen MR) is 62.5 cm³/mol. The quantitative estimate of drug-likeness (QED) is 0.786. The Labute approximate surface area is 91.7 Å². The van der Waals surface area contributed by atoms with E-state index in [9.17, 15) is 0 Å². The summed E-state index contributed by atoms with van der Waals surface area (Å²) in [6.07, 6.45) is 9.07. The normalized spacial score (nSPS) is 26.8. The summed E-state index contributed by atoms with van der Waals surface area (Å²) in [5, 5.41) is 3.60. The molecule has 1 aliphatic carbocycles. The molecule has 1 saturated carbocycles. The molecule has 15 heavy (non-hydrogen) atoms. The van der Waals surface area contributed by atoms with Gasteiger partial charge in [-0.3, -0.25) is 0 Å². The van der Waals surface area contributed by atoms with Crippen molar-refractivity contribution in [3.05, 3.63) is 24.0 Å². The van der Waals surface area contributed by atoms with Crippen LogP contribution in [0.5, 0.6) is 0 Å². The molecule has 0 saturated heterocycles. The molecule has 1 aromatic heterocycles. The maximum absolute atomic E-state index is 5.88. The highest BCUT2D eigenvalue weighted by Gasteiger charge is 2.17. The van der Waals surface area contributed by atoms with E-state index in [0.717, 1.165) is 6.54 Å². The SMILES string of the molecule is Cn1ccc(CNC2CCC(N)CC2)c1. The lowest BCUT2D eigenvalue weighted by Crippen LogP contribution is -2.36. The molecule has 0 bridgehead atoms. The summed E-state index contributed by atoms with van der Waals surface area (Å²) in [4.78, 5) is 0. The standard InChI is InChI=1S/C12H21N3/c1-15-7-6-10(9-15)8-14-12-4-2-11(13)3-5-12/h6-7,9,11-12,14H,2-5,8,13H2,1H3. The van der Waals surface area contributed by atoms with Crippen LogP contribution in [0.3, 0.4) is 0 Å². The van der Waals surface area contributed by atoms with Crippen molar-refractivity contribution >= 4 is 0 Å². The van der Waals surface area contributed by atoms with Gasteiger partial charge in [-0.1, -0.05) is 0 Å². The minimum absolute atomic E-state index is 0.444. The van der Waals surface area contributed by atoms with E-state index < -0.39 is 0 Å². The van der Waals surface area contributed by atoms with Crippen LogP contribution in [0.15, 0.2) is 18.5 Å². The first-order valence-electron chi connectivity index (χ1n) is 5.84. The van der Waals surface area contributed by atoms with E-state index in [2.05, 4.69) is 35.4 Å². The molecule has 0 aromatic carbocycles. The van der Waals surface area contributed by atoms with Gasteiger partial charge in [0.2, 0.25) is 0 Å². The molecule has 0 atom stereocenters. The lowest BCUT2D eigenvalue weighted by Gasteiger charge is -2.26. The number of nitrogens with one attached hydrogen (secondary N) is 1. The van der Waals surface area contributed by atoms with Gasteiger partial charge < -0.3 is 15.6 Å². The summed E-state index contributed by atoms with van der Waals surface area (Å²) in [6.45, 7) is 0.987. The third-order valence-corrected chi connectivity index (χ3v) is 3.26. The molecule has 1 fully saturated rings. The first kappa shape index (κ1) is 10.7. The van der Waals surface area contributed by atoms with E-state index in [1.807, 2.05) is 0 Å². The fourth-order valence-electron chi connectivity index (χ4n) is 2.25. The smallest absolute Gasteiger partial charge is 0.0223 e. The summed E-state index contributed by atoms with van der Waals surface area (Å²) in [6, 6.07) is 3.28. The van der Waals surface area contributed by atoms with E-state index in [1.54, 1.807) is 0 Å². The van der Waals surface area contributed by atoms with Gasteiger partial charge in [-0.05, 0) is 37.3 Å². The number of nitrogens with two attached hydrogens (primary N) is 1. The maximum atomic E-state index is 5.88. The molecular formula is C12H21N3. The average molecular weight is 207 g/mol. The Hall–Kier alpha value is -0.800. The third kappa shape index (κ3) is 3.08. The van der Waals surface area contributed by atoms with Crippen molar-refractivity contribution in [1.29, 1.82) is 0 Å². The number of nitrogens with zero attached hydrogens (tertiary/aromatic N) is 1. The summed E-state index contributed by atoms with van der Waals surface area (Å²) >= 11 is 0. The van der Waals surface area contributed by atoms with Crippen LogP contribution in [0, 0.1) is 0 Å². The van der Waals surface area contributed by atoms with Gasteiger partial charge in [0, 0.05) is 38.1 Å². The largest absolute Gasteiger partial charge is 0.357 e. The fourth-order valence-corrected chi connectivity index (χ4v) is 2.25. The van der Waals surface area contributed by atoms with Crippen molar-refractivity contribution in [3.63, 3.8) is 0 Å².